The highest BCUT2D eigenvalue weighted by atomic mass is 32.1. The number of hydrogen-bond donors (Lipinski definition) is 0. The van der Waals surface area contributed by atoms with Crippen molar-refractivity contribution in [3.63, 3.8) is 0 Å². The molecule has 1 aromatic carbocycles. The molecule has 0 aliphatic rings. The summed E-state index contributed by atoms with van der Waals surface area (Å²) in [5.74, 6) is -0.266. The van der Waals surface area contributed by atoms with Crippen molar-refractivity contribution < 1.29 is 4.79 Å². The van der Waals surface area contributed by atoms with Gasteiger partial charge in [-0.15, -0.1) is 6.58 Å². The van der Waals surface area contributed by atoms with E-state index in [2.05, 4.69) is 42.7 Å². The van der Waals surface area contributed by atoms with E-state index in [0.29, 0.717) is 17.0 Å². The summed E-state index contributed by atoms with van der Waals surface area (Å²) in [6, 6.07) is 6.19. The van der Waals surface area contributed by atoms with E-state index in [9.17, 15) is 4.79 Å². The first-order chi connectivity index (χ1) is 12.3. The number of fused-ring (bicyclic) bond motifs is 1. The fourth-order valence-electron chi connectivity index (χ4n) is 3.12. The summed E-state index contributed by atoms with van der Waals surface area (Å²) in [7, 11) is 0. The Morgan fingerprint density at radius 1 is 1.31 bits per heavy atom. The van der Waals surface area contributed by atoms with Gasteiger partial charge in [-0.25, -0.2) is 0 Å². The molecule has 0 bridgehead atoms. The molecule has 0 radical (unpaired) electrons. The van der Waals surface area contributed by atoms with Crippen LogP contribution in [0.5, 0.6) is 0 Å². The average molecular weight is 369 g/mol. The normalized spacial score (nSPS) is 12.3. The van der Waals surface area contributed by atoms with Crippen LogP contribution >= 0.6 is 11.3 Å². The van der Waals surface area contributed by atoms with Gasteiger partial charge in [0.05, 0.1) is 15.9 Å². The van der Waals surface area contributed by atoms with Crippen LogP contribution in [0.3, 0.4) is 0 Å². The smallest absolute Gasteiger partial charge is 0.297 e. The Labute approximate surface area is 157 Å². The van der Waals surface area contributed by atoms with E-state index < -0.39 is 0 Å². The van der Waals surface area contributed by atoms with Crippen LogP contribution in [0.1, 0.15) is 47.2 Å². The van der Waals surface area contributed by atoms with Gasteiger partial charge in [0.2, 0.25) is 0 Å². The van der Waals surface area contributed by atoms with Crippen molar-refractivity contribution in [2.45, 2.75) is 47.2 Å². The summed E-state index contributed by atoms with van der Waals surface area (Å²) in [5.41, 5.74) is 4.82. The van der Waals surface area contributed by atoms with Crippen molar-refractivity contribution in [1.82, 2.24) is 14.3 Å². The number of carbonyl (C=O) groups excluding carboxylic acids is 1. The maximum atomic E-state index is 12.9. The number of amides is 1. The molecule has 0 N–H and O–H groups in total. The van der Waals surface area contributed by atoms with Gasteiger partial charge < -0.3 is 4.57 Å². The van der Waals surface area contributed by atoms with Gasteiger partial charge in [-0.05, 0) is 57.9 Å². The summed E-state index contributed by atoms with van der Waals surface area (Å²) < 4.78 is 4.94. The average Bonchev–Trinajstić information content (AvgIpc) is 3.10. The van der Waals surface area contributed by atoms with Crippen LogP contribution in [-0.2, 0) is 6.54 Å². The number of benzene rings is 1. The van der Waals surface area contributed by atoms with Gasteiger partial charge in [0, 0.05) is 12.6 Å². The fourth-order valence-corrected chi connectivity index (χ4v) is 4.21. The molecule has 0 atom stereocenters. The summed E-state index contributed by atoms with van der Waals surface area (Å²) in [5, 5.41) is 4.42. The van der Waals surface area contributed by atoms with Gasteiger partial charge in [-0.1, -0.05) is 23.5 Å². The Kier molecular flexibility index (Phi) is 4.96. The first kappa shape index (κ1) is 18.3. The molecule has 0 aliphatic carbocycles. The summed E-state index contributed by atoms with van der Waals surface area (Å²) >= 11 is 1.54. The maximum Gasteiger partial charge on any atom is 0.297 e. The highest BCUT2D eigenvalue weighted by molar-refractivity contribution is 7.16. The van der Waals surface area contributed by atoms with E-state index in [4.69, 9.17) is 0 Å². The Morgan fingerprint density at radius 3 is 2.69 bits per heavy atom. The highest BCUT2D eigenvalue weighted by Crippen LogP contribution is 2.23. The van der Waals surface area contributed by atoms with Gasteiger partial charge in [0.25, 0.3) is 5.91 Å². The number of allylic oxidation sites excluding steroid dienone is 1. The molecular weight excluding hydrogens is 344 g/mol. The van der Waals surface area contributed by atoms with Gasteiger partial charge in [0.1, 0.15) is 5.69 Å². The third-order valence-corrected chi connectivity index (χ3v) is 5.42. The third kappa shape index (κ3) is 3.29. The molecule has 0 unspecified atom stereocenters. The Bertz CT molecular complexity index is 1070. The minimum Gasteiger partial charge on any atom is -0.312 e. The second kappa shape index (κ2) is 7.03. The molecule has 3 aromatic rings. The molecule has 0 aliphatic heterocycles. The second-order valence-corrected chi connectivity index (χ2v) is 7.82. The maximum absolute atomic E-state index is 12.9. The minimum atomic E-state index is -0.266. The van der Waals surface area contributed by atoms with E-state index in [1.807, 2.05) is 31.4 Å². The summed E-state index contributed by atoms with van der Waals surface area (Å²) in [4.78, 5) is 18.0. The highest BCUT2D eigenvalue weighted by Gasteiger charge is 2.16. The van der Waals surface area contributed by atoms with Gasteiger partial charge >= 0.3 is 0 Å². The van der Waals surface area contributed by atoms with Gasteiger partial charge in [-0.3, -0.25) is 9.48 Å². The molecule has 136 valence electrons. The van der Waals surface area contributed by atoms with Gasteiger partial charge in [-0.2, -0.15) is 10.1 Å². The number of thiazole rings is 1. The zero-order chi connectivity index (χ0) is 19.0. The van der Waals surface area contributed by atoms with E-state index >= 15 is 0 Å². The Morgan fingerprint density at radius 2 is 2.04 bits per heavy atom. The van der Waals surface area contributed by atoms with Crippen molar-refractivity contribution in [1.29, 1.82) is 0 Å². The molecule has 2 aromatic heterocycles. The fraction of sp³-hybridized carbons (Fsp3) is 0.350. The van der Waals surface area contributed by atoms with Crippen LogP contribution in [0.15, 0.2) is 35.8 Å². The largest absolute Gasteiger partial charge is 0.312 e. The van der Waals surface area contributed by atoms with Crippen LogP contribution < -0.4 is 4.80 Å². The Hall–Kier alpha value is -2.47. The molecule has 0 spiro atoms. The zero-order valence-corrected chi connectivity index (χ0v) is 16.7. The molecule has 26 heavy (non-hydrogen) atoms. The summed E-state index contributed by atoms with van der Waals surface area (Å²) in [6.07, 6.45) is 1.83. The first-order valence-electron chi connectivity index (χ1n) is 8.68. The van der Waals surface area contributed by atoms with E-state index in [0.717, 1.165) is 15.9 Å². The monoisotopic (exact) mass is 368 g/mol. The predicted octanol–water partition coefficient (Wildman–Crippen LogP) is 4.33. The molecule has 3 rings (SSSR count). The minimum absolute atomic E-state index is 0.102. The first-order valence-corrected chi connectivity index (χ1v) is 9.50. The molecule has 0 saturated carbocycles. The molecule has 1 amide bonds. The molecule has 6 heteroatoms. The molecule has 0 saturated heterocycles. The second-order valence-electron chi connectivity index (χ2n) is 6.84. The van der Waals surface area contributed by atoms with Crippen LogP contribution in [0.25, 0.3) is 10.2 Å². The van der Waals surface area contributed by atoms with E-state index in [1.165, 1.54) is 11.1 Å². The topological polar surface area (TPSA) is 52.2 Å². The van der Waals surface area contributed by atoms with Crippen molar-refractivity contribution in [2.24, 2.45) is 4.99 Å². The van der Waals surface area contributed by atoms with E-state index in [-0.39, 0.29) is 11.9 Å². The van der Waals surface area contributed by atoms with Crippen molar-refractivity contribution in [2.75, 3.05) is 0 Å². The molecular formula is C20H24N4OS. The van der Waals surface area contributed by atoms with E-state index in [1.54, 1.807) is 22.1 Å². The molecule has 0 fully saturated rings. The lowest BCUT2D eigenvalue weighted by atomic mass is 10.1. The number of rotatable bonds is 4. The molecule has 5 nitrogen and oxygen atoms in total. The van der Waals surface area contributed by atoms with Crippen molar-refractivity contribution >= 4 is 27.5 Å². The third-order valence-electron chi connectivity index (χ3n) is 4.19. The zero-order valence-electron chi connectivity index (χ0n) is 15.9. The molecule has 2 heterocycles. The SMILES string of the molecule is C=CCn1c(=NC(=O)c2cc(C)nn2C(C)C)sc2c(C)cc(C)cc21. The van der Waals surface area contributed by atoms with Crippen LogP contribution in [0, 0.1) is 20.8 Å². The number of aromatic nitrogens is 3. The van der Waals surface area contributed by atoms with Crippen LogP contribution in [0.2, 0.25) is 0 Å². The van der Waals surface area contributed by atoms with Crippen LogP contribution in [0.4, 0.5) is 0 Å². The quantitative estimate of drug-likeness (QED) is 0.644. The number of hydrogen-bond acceptors (Lipinski definition) is 3. The number of nitrogens with zero attached hydrogens (tertiary/aromatic N) is 4. The van der Waals surface area contributed by atoms with Crippen molar-refractivity contribution in [3.8, 4) is 0 Å². The van der Waals surface area contributed by atoms with Gasteiger partial charge in [0.15, 0.2) is 4.80 Å². The van der Waals surface area contributed by atoms with Crippen molar-refractivity contribution in [3.05, 3.63) is 58.2 Å². The Balaban J connectivity index is 2.21. The van der Waals surface area contributed by atoms with Crippen LogP contribution in [-0.4, -0.2) is 20.3 Å². The standard InChI is InChI=1S/C20H24N4OS/c1-7-8-23-16-10-13(4)9-14(5)18(16)26-20(23)21-19(25)17-11-15(6)22-24(17)12(2)3/h7,9-12H,1,8H2,2-6H3. The number of aryl methyl sites for hydroxylation is 3. The lowest BCUT2D eigenvalue weighted by molar-refractivity contribution is 0.0986. The lowest BCUT2D eigenvalue weighted by Crippen LogP contribution is -2.18. The number of carbonyl (C=O) groups is 1. The lowest BCUT2D eigenvalue weighted by Gasteiger charge is -2.08. The summed E-state index contributed by atoms with van der Waals surface area (Å²) in [6.45, 7) is 14.5. The predicted molar refractivity (Wildman–Crippen MR) is 107 cm³/mol.